The van der Waals surface area contributed by atoms with Gasteiger partial charge in [-0.25, -0.2) is 4.98 Å². The number of carbonyl (C=O) groups is 2. The molecule has 0 radical (unpaired) electrons. The van der Waals surface area contributed by atoms with Crippen molar-refractivity contribution in [3.63, 3.8) is 0 Å². The minimum Gasteiger partial charge on any atom is -0.383 e. The topological polar surface area (TPSA) is 59.5 Å². The summed E-state index contributed by atoms with van der Waals surface area (Å²) in [6.45, 7) is 6.30. The molecule has 26 heavy (non-hydrogen) atoms. The summed E-state index contributed by atoms with van der Waals surface area (Å²) >= 11 is 6.34. The van der Waals surface area contributed by atoms with Crippen molar-refractivity contribution in [3.8, 4) is 0 Å². The summed E-state index contributed by atoms with van der Waals surface area (Å²) in [6, 6.07) is 1.87. The number of nitrogens with zero attached hydrogens (tertiary/aromatic N) is 2. The minimum absolute atomic E-state index is 0.0211. The molecule has 6 heteroatoms. The Morgan fingerprint density at radius 2 is 2.15 bits per heavy atom. The number of rotatable bonds is 6. The lowest BCUT2D eigenvalue weighted by Crippen LogP contribution is -2.44. The molecule has 0 aromatic carbocycles. The first-order chi connectivity index (χ1) is 12.5. The van der Waals surface area contributed by atoms with Crippen LogP contribution in [0.15, 0.2) is 24.3 Å². The van der Waals surface area contributed by atoms with Crippen LogP contribution in [-0.2, 0) is 14.3 Å². The lowest BCUT2D eigenvalue weighted by Gasteiger charge is -2.26. The molecule has 0 bridgehead atoms. The number of hydrogen-bond acceptors (Lipinski definition) is 4. The maximum absolute atomic E-state index is 12.8. The molecule has 1 unspecified atom stereocenters. The van der Waals surface area contributed by atoms with Gasteiger partial charge in [0.2, 0.25) is 5.91 Å². The number of amides is 2. The fraction of sp³-hybridized carbons (Fsp3) is 0.350. The molecule has 136 valence electrons. The van der Waals surface area contributed by atoms with Crippen molar-refractivity contribution in [2.45, 2.75) is 13.3 Å². The van der Waals surface area contributed by atoms with Crippen molar-refractivity contribution in [1.82, 2.24) is 9.88 Å². The van der Waals surface area contributed by atoms with Crippen LogP contribution in [0.5, 0.6) is 0 Å². The van der Waals surface area contributed by atoms with E-state index in [4.69, 9.17) is 16.3 Å². The molecule has 0 N–H and O–H groups in total. The molecule has 1 aromatic rings. The summed E-state index contributed by atoms with van der Waals surface area (Å²) < 4.78 is 5.01. The summed E-state index contributed by atoms with van der Waals surface area (Å²) in [5.41, 5.74) is 2.83. The first kappa shape index (κ1) is 18.5. The van der Waals surface area contributed by atoms with E-state index < -0.39 is 0 Å². The van der Waals surface area contributed by atoms with E-state index in [-0.39, 0.29) is 30.2 Å². The third-order valence-corrected chi connectivity index (χ3v) is 5.01. The third kappa shape index (κ3) is 3.37. The van der Waals surface area contributed by atoms with Crippen LogP contribution >= 0.6 is 11.6 Å². The Morgan fingerprint density at radius 3 is 2.81 bits per heavy atom. The summed E-state index contributed by atoms with van der Waals surface area (Å²) in [7, 11) is 1.55. The van der Waals surface area contributed by atoms with Gasteiger partial charge in [0.05, 0.1) is 18.8 Å². The average Bonchev–Trinajstić information content (AvgIpc) is 3.41. The van der Waals surface area contributed by atoms with Crippen LogP contribution < -0.4 is 0 Å². The van der Waals surface area contributed by atoms with Crippen LogP contribution in [-0.4, -0.2) is 42.0 Å². The monoisotopic (exact) mass is 372 g/mol. The fourth-order valence-corrected chi connectivity index (χ4v) is 3.45. The summed E-state index contributed by atoms with van der Waals surface area (Å²) in [6.07, 6.45) is 7.91. The van der Waals surface area contributed by atoms with E-state index in [0.717, 1.165) is 11.3 Å². The molecule has 2 atom stereocenters. The molecule has 5 nitrogen and oxygen atoms in total. The lowest BCUT2D eigenvalue weighted by molar-refractivity contribution is -0.146. The zero-order chi connectivity index (χ0) is 18.8. The van der Waals surface area contributed by atoms with Gasteiger partial charge in [0.15, 0.2) is 0 Å². The number of carbonyl (C=O) groups excluding carboxylic acids is 2. The number of imide groups is 1. The van der Waals surface area contributed by atoms with Gasteiger partial charge >= 0.3 is 0 Å². The second-order valence-electron chi connectivity index (χ2n) is 6.38. The van der Waals surface area contributed by atoms with Gasteiger partial charge in [0.1, 0.15) is 5.15 Å². The predicted molar refractivity (Wildman–Crippen MR) is 102 cm³/mol. The van der Waals surface area contributed by atoms with E-state index in [9.17, 15) is 9.59 Å². The predicted octanol–water partition coefficient (Wildman–Crippen LogP) is 3.45. The summed E-state index contributed by atoms with van der Waals surface area (Å²) in [4.78, 5) is 30.8. The Morgan fingerprint density at radius 1 is 1.38 bits per heavy atom. The van der Waals surface area contributed by atoms with Gasteiger partial charge in [-0.15, -0.1) is 0 Å². The largest absolute Gasteiger partial charge is 0.383 e. The zero-order valence-electron chi connectivity index (χ0n) is 14.9. The molecule has 1 saturated carbocycles. The molecule has 2 heterocycles. The van der Waals surface area contributed by atoms with Crippen molar-refractivity contribution < 1.29 is 14.3 Å². The molecule has 2 amide bonds. The number of aromatic nitrogens is 1. The van der Waals surface area contributed by atoms with Crippen LogP contribution in [0.3, 0.4) is 0 Å². The minimum atomic E-state index is -0.264. The van der Waals surface area contributed by atoms with Crippen LogP contribution in [0, 0.1) is 11.8 Å². The molecule has 3 rings (SSSR count). The normalized spacial score (nSPS) is 23.7. The Balaban J connectivity index is 1.98. The maximum atomic E-state index is 12.8. The molecule has 2 fully saturated rings. The third-order valence-electron chi connectivity index (χ3n) is 4.70. The highest BCUT2D eigenvalue weighted by atomic mass is 35.5. The van der Waals surface area contributed by atoms with Gasteiger partial charge < -0.3 is 4.74 Å². The average molecular weight is 373 g/mol. The highest BCUT2D eigenvalue weighted by molar-refractivity contribution is 6.31. The van der Waals surface area contributed by atoms with Gasteiger partial charge in [-0.3, -0.25) is 14.5 Å². The van der Waals surface area contributed by atoms with Gasteiger partial charge in [-0.2, -0.15) is 0 Å². The number of pyridine rings is 1. The molecule has 1 aliphatic carbocycles. The number of methoxy groups -OCH3 is 1. The van der Waals surface area contributed by atoms with Crippen molar-refractivity contribution in [3.05, 3.63) is 46.3 Å². The number of likely N-dealkylation sites (tertiary alicyclic amines) is 1. The van der Waals surface area contributed by atoms with Crippen molar-refractivity contribution in [1.29, 1.82) is 0 Å². The Kier molecular flexibility index (Phi) is 5.39. The van der Waals surface area contributed by atoms with Crippen LogP contribution in [0.25, 0.3) is 18.2 Å². The van der Waals surface area contributed by atoms with E-state index in [1.807, 2.05) is 25.1 Å². The van der Waals surface area contributed by atoms with E-state index in [2.05, 4.69) is 11.6 Å². The van der Waals surface area contributed by atoms with E-state index in [1.54, 1.807) is 19.3 Å². The quantitative estimate of drug-likeness (QED) is 0.436. The number of piperidine rings is 1. The summed E-state index contributed by atoms with van der Waals surface area (Å²) in [5.74, 6) is -0.496. The van der Waals surface area contributed by atoms with Gasteiger partial charge in [-0.05, 0) is 31.6 Å². The fourth-order valence-electron chi connectivity index (χ4n) is 3.25. The SMILES string of the molecule is C=Cc1cc(/C=C2\C(=O)N(CCOC)C(=O)C3C[C@@H]23)c(Cl)nc1/C=C\C. The smallest absolute Gasteiger partial charge is 0.256 e. The second-order valence-corrected chi connectivity index (χ2v) is 6.74. The van der Waals surface area contributed by atoms with Gasteiger partial charge in [-0.1, -0.05) is 30.3 Å². The van der Waals surface area contributed by atoms with Gasteiger partial charge in [0, 0.05) is 35.6 Å². The van der Waals surface area contributed by atoms with Crippen LogP contribution in [0.4, 0.5) is 0 Å². The van der Waals surface area contributed by atoms with E-state index in [1.165, 1.54) is 4.90 Å². The van der Waals surface area contributed by atoms with Crippen LogP contribution in [0.2, 0.25) is 5.15 Å². The Hall–Kier alpha value is -2.24. The molecule has 0 spiro atoms. The molecular weight excluding hydrogens is 352 g/mol. The molecule has 1 aliphatic heterocycles. The Bertz CT molecular complexity index is 829. The van der Waals surface area contributed by atoms with Crippen molar-refractivity contribution in [2.24, 2.45) is 11.8 Å². The number of halogens is 1. The molecule has 2 aliphatic rings. The highest BCUT2D eigenvalue weighted by Gasteiger charge is 2.54. The Labute approximate surface area is 158 Å². The number of allylic oxidation sites excluding steroid dienone is 1. The molecule has 1 saturated heterocycles. The lowest BCUT2D eigenvalue weighted by atomic mass is 9.99. The number of hydrogen-bond donors (Lipinski definition) is 0. The molecular formula is C20H21ClN2O3. The first-order valence-electron chi connectivity index (χ1n) is 8.53. The zero-order valence-corrected chi connectivity index (χ0v) is 15.6. The maximum Gasteiger partial charge on any atom is 0.256 e. The number of fused-ring (bicyclic) bond motifs is 1. The highest BCUT2D eigenvalue weighted by Crippen LogP contribution is 2.50. The van der Waals surface area contributed by atoms with E-state index >= 15 is 0 Å². The van der Waals surface area contributed by atoms with Crippen molar-refractivity contribution in [2.75, 3.05) is 20.3 Å². The van der Waals surface area contributed by atoms with Gasteiger partial charge in [0.25, 0.3) is 5.91 Å². The van der Waals surface area contributed by atoms with E-state index in [0.29, 0.717) is 29.3 Å². The second kappa shape index (κ2) is 7.56. The number of ether oxygens (including phenoxy) is 1. The molecule has 1 aromatic heterocycles. The van der Waals surface area contributed by atoms with Crippen LogP contribution in [0.1, 0.15) is 30.2 Å². The van der Waals surface area contributed by atoms with Crippen molar-refractivity contribution >= 4 is 41.6 Å². The summed E-state index contributed by atoms with van der Waals surface area (Å²) in [5, 5.41) is 0.321. The first-order valence-corrected chi connectivity index (χ1v) is 8.91. The standard InChI is InChI=1S/C20H21ClN2O3/c1-4-6-17-12(5-2)9-13(18(21)22-17)10-15-14-11-16(14)20(25)23(19(15)24)7-8-26-3/h4-6,9-10,14,16H,2,7-8,11H2,1,3H3/b6-4-,15-10-/t14-,16?/m0/s1.